The van der Waals surface area contributed by atoms with Crippen LogP contribution in [0, 0.1) is 0 Å². The first-order chi connectivity index (χ1) is 10.2. The Balaban J connectivity index is 2.16. The van der Waals surface area contributed by atoms with Crippen molar-refractivity contribution < 1.29 is 4.74 Å². The van der Waals surface area contributed by atoms with E-state index in [-0.39, 0.29) is 12.1 Å². The molecule has 0 amide bonds. The van der Waals surface area contributed by atoms with Crippen LogP contribution in [0.1, 0.15) is 30.7 Å². The van der Waals surface area contributed by atoms with Gasteiger partial charge in [-0.15, -0.1) is 5.10 Å². The van der Waals surface area contributed by atoms with Gasteiger partial charge in [-0.3, -0.25) is 4.68 Å². The van der Waals surface area contributed by atoms with Crippen LogP contribution in [0.5, 0.6) is 0 Å². The highest BCUT2D eigenvalue weighted by molar-refractivity contribution is 5.20. The van der Waals surface area contributed by atoms with E-state index >= 15 is 0 Å². The molecule has 0 saturated carbocycles. The number of methoxy groups -OCH3 is 1. The van der Waals surface area contributed by atoms with Crippen LogP contribution in [0.3, 0.4) is 0 Å². The molecular weight excluding hydrogens is 264 g/mol. The Bertz CT molecular complexity index is 526. The molecule has 1 N–H and O–H groups in total. The molecule has 0 radical (unpaired) electrons. The summed E-state index contributed by atoms with van der Waals surface area (Å²) < 4.78 is 7.49. The number of nitrogens with zero attached hydrogens (tertiary/aromatic N) is 3. The first-order valence-corrected chi connectivity index (χ1v) is 7.41. The predicted molar refractivity (Wildman–Crippen MR) is 83.0 cm³/mol. The molecule has 2 rings (SSSR count). The van der Waals surface area contributed by atoms with Crippen molar-refractivity contribution in [1.82, 2.24) is 20.3 Å². The molecule has 0 aliphatic carbocycles. The van der Waals surface area contributed by atoms with Crippen LogP contribution in [0.2, 0.25) is 0 Å². The van der Waals surface area contributed by atoms with Crippen molar-refractivity contribution >= 4 is 0 Å². The zero-order valence-electron chi connectivity index (χ0n) is 13.0. The first-order valence-electron chi connectivity index (χ1n) is 7.41. The van der Waals surface area contributed by atoms with Crippen LogP contribution in [-0.2, 0) is 18.2 Å². The highest BCUT2D eigenvalue weighted by Gasteiger charge is 2.23. The molecule has 0 fully saturated rings. The molecule has 5 heteroatoms. The molecule has 2 unspecified atom stereocenters. The normalized spacial score (nSPS) is 14.0. The molecule has 114 valence electrons. The van der Waals surface area contributed by atoms with Crippen LogP contribution in [0.4, 0.5) is 0 Å². The number of aryl methyl sites for hydroxylation is 1. The van der Waals surface area contributed by atoms with E-state index in [2.05, 4.69) is 34.7 Å². The van der Waals surface area contributed by atoms with Gasteiger partial charge in [-0.05, 0) is 18.5 Å². The van der Waals surface area contributed by atoms with Crippen LogP contribution < -0.4 is 5.32 Å². The average Bonchev–Trinajstić information content (AvgIpc) is 2.91. The van der Waals surface area contributed by atoms with Gasteiger partial charge in [0, 0.05) is 32.8 Å². The summed E-state index contributed by atoms with van der Waals surface area (Å²) in [7, 11) is 3.64. The second-order valence-corrected chi connectivity index (χ2v) is 5.22. The van der Waals surface area contributed by atoms with Crippen molar-refractivity contribution in [3.63, 3.8) is 0 Å². The van der Waals surface area contributed by atoms with Gasteiger partial charge < -0.3 is 10.1 Å². The molecule has 2 atom stereocenters. The summed E-state index contributed by atoms with van der Waals surface area (Å²) in [5, 5.41) is 11.8. The van der Waals surface area contributed by atoms with E-state index in [1.54, 1.807) is 11.8 Å². The zero-order chi connectivity index (χ0) is 15.1. The Morgan fingerprint density at radius 2 is 2.05 bits per heavy atom. The van der Waals surface area contributed by atoms with Crippen LogP contribution in [-0.4, -0.2) is 34.7 Å². The van der Waals surface area contributed by atoms with Gasteiger partial charge in [0.1, 0.15) is 0 Å². The lowest BCUT2D eigenvalue weighted by Gasteiger charge is -2.27. The summed E-state index contributed by atoms with van der Waals surface area (Å²) in [6.45, 7) is 3.12. The van der Waals surface area contributed by atoms with E-state index in [1.165, 1.54) is 5.56 Å². The molecule has 21 heavy (non-hydrogen) atoms. The molecule has 0 saturated heterocycles. The Morgan fingerprint density at radius 3 is 2.62 bits per heavy atom. The lowest BCUT2D eigenvalue weighted by molar-refractivity contribution is 0.0675. The number of rotatable bonds is 8. The fourth-order valence-corrected chi connectivity index (χ4v) is 2.51. The monoisotopic (exact) mass is 288 g/mol. The third-order valence-electron chi connectivity index (χ3n) is 3.48. The molecule has 1 heterocycles. The number of hydrogen-bond donors (Lipinski definition) is 1. The standard InChI is InChI=1S/C16H24N4O/c1-4-10-17-15(11-14-12-20(2)19-18-14)16(21-3)13-8-6-5-7-9-13/h5-9,12,15-17H,4,10-11H2,1-3H3. The number of benzene rings is 1. The summed E-state index contributed by atoms with van der Waals surface area (Å²) in [5.74, 6) is 0. The summed E-state index contributed by atoms with van der Waals surface area (Å²) in [6.07, 6.45) is 3.83. The summed E-state index contributed by atoms with van der Waals surface area (Å²) >= 11 is 0. The largest absolute Gasteiger partial charge is 0.375 e. The van der Waals surface area contributed by atoms with Gasteiger partial charge >= 0.3 is 0 Å². The minimum absolute atomic E-state index is 0.000226. The molecule has 0 spiro atoms. The third-order valence-corrected chi connectivity index (χ3v) is 3.48. The Kier molecular flexibility index (Phi) is 5.90. The summed E-state index contributed by atoms with van der Waals surface area (Å²) in [4.78, 5) is 0. The Morgan fingerprint density at radius 1 is 1.29 bits per heavy atom. The van der Waals surface area contributed by atoms with Crippen molar-refractivity contribution in [2.75, 3.05) is 13.7 Å². The highest BCUT2D eigenvalue weighted by atomic mass is 16.5. The van der Waals surface area contributed by atoms with Gasteiger partial charge in [0.15, 0.2) is 0 Å². The van der Waals surface area contributed by atoms with E-state index in [1.807, 2.05) is 31.4 Å². The van der Waals surface area contributed by atoms with Crippen molar-refractivity contribution in [3.05, 3.63) is 47.8 Å². The van der Waals surface area contributed by atoms with Gasteiger partial charge in [0.25, 0.3) is 0 Å². The maximum atomic E-state index is 5.76. The lowest BCUT2D eigenvalue weighted by atomic mass is 9.98. The fraction of sp³-hybridized carbons (Fsp3) is 0.500. The maximum absolute atomic E-state index is 5.76. The number of hydrogen-bond acceptors (Lipinski definition) is 4. The topological polar surface area (TPSA) is 52.0 Å². The minimum atomic E-state index is -0.000226. The lowest BCUT2D eigenvalue weighted by Crippen LogP contribution is -2.38. The maximum Gasteiger partial charge on any atom is 0.0977 e. The van der Waals surface area contributed by atoms with Crippen molar-refractivity contribution in [1.29, 1.82) is 0 Å². The van der Waals surface area contributed by atoms with E-state index in [0.717, 1.165) is 25.1 Å². The molecule has 0 aliphatic heterocycles. The molecule has 0 bridgehead atoms. The smallest absolute Gasteiger partial charge is 0.0977 e. The van der Waals surface area contributed by atoms with Gasteiger partial charge in [-0.2, -0.15) is 0 Å². The average molecular weight is 288 g/mol. The van der Waals surface area contributed by atoms with Gasteiger partial charge in [0.2, 0.25) is 0 Å². The predicted octanol–water partition coefficient (Wildman–Crippen LogP) is 2.11. The molecule has 2 aromatic rings. The van der Waals surface area contributed by atoms with Crippen LogP contribution in [0.15, 0.2) is 36.5 Å². The summed E-state index contributed by atoms with van der Waals surface area (Å²) in [5.41, 5.74) is 2.15. The van der Waals surface area contributed by atoms with Crippen molar-refractivity contribution in [2.24, 2.45) is 7.05 Å². The van der Waals surface area contributed by atoms with E-state index < -0.39 is 0 Å². The fourth-order valence-electron chi connectivity index (χ4n) is 2.51. The van der Waals surface area contributed by atoms with Crippen molar-refractivity contribution in [2.45, 2.75) is 31.9 Å². The summed E-state index contributed by atoms with van der Waals surface area (Å²) in [6, 6.07) is 10.5. The molecule has 5 nitrogen and oxygen atoms in total. The molecule has 1 aromatic heterocycles. The number of aromatic nitrogens is 3. The molecular formula is C16H24N4O. The SMILES string of the molecule is CCCNC(Cc1cn(C)nn1)C(OC)c1ccccc1. The number of nitrogens with one attached hydrogen (secondary N) is 1. The quantitative estimate of drug-likeness (QED) is 0.808. The zero-order valence-corrected chi connectivity index (χ0v) is 13.0. The molecule has 1 aromatic carbocycles. The van der Waals surface area contributed by atoms with Gasteiger partial charge in [0.05, 0.1) is 11.8 Å². The van der Waals surface area contributed by atoms with Crippen molar-refractivity contribution in [3.8, 4) is 0 Å². The molecule has 0 aliphatic rings. The Labute approximate surface area is 126 Å². The second kappa shape index (κ2) is 7.90. The van der Waals surface area contributed by atoms with Gasteiger partial charge in [-0.25, -0.2) is 0 Å². The van der Waals surface area contributed by atoms with Crippen LogP contribution >= 0.6 is 0 Å². The van der Waals surface area contributed by atoms with E-state index in [4.69, 9.17) is 4.74 Å². The van der Waals surface area contributed by atoms with Crippen LogP contribution in [0.25, 0.3) is 0 Å². The third kappa shape index (κ3) is 4.37. The van der Waals surface area contributed by atoms with E-state index in [9.17, 15) is 0 Å². The number of ether oxygens (including phenoxy) is 1. The minimum Gasteiger partial charge on any atom is -0.375 e. The Hall–Kier alpha value is -1.72. The van der Waals surface area contributed by atoms with Gasteiger partial charge in [-0.1, -0.05) is 42.5 Å². The first kappa shape index (κ1) is 15.7. The highest BCUT2D eigenvalue weighted by Crippen LogP contribution is 2.22. The van der Waals surface area contributed by atoms with E-state index in [0.29, 0.717) is 0 Å². The second-order valence-electron chi connectivity index (χ2n) is 5.22.